The molecule has 5 amide bonds. The monoisotopic (exact) mass is 502 g/mol. The molecule has 0 heterocycles. The molecule has 0 aliphatic heterocycles. The van der Waals surface area contributed by atoms with E-state index in [1.165, 1.54) is 18.2 Å². The van der Waals surface area contributed by atoms with Crippen molar-refractivity contribution in [3.05, 3.63) is 33.8 Å². The molecule has 0 aromatic heterocycles. The maximum absolute atomic E-state index is 12.2. The molecule has 0 fully saturated rings. The molecule has 1 aromatic rings. The molecule has 11 nitrogen and oxygen atoms in total. The number of primary amides is 2. The van der Waals surface area contributed by atoms with E-state index in [-0.39, 0.29) is 11.4 Å². The van der Waals surface area contributed by atoms with Crippen LogP contribution in [0.1, 0.15) is 37.2 Å². The van der Waals surface area contributed by atoms with Crippen LogP contribution in [-0.4, -0.2) is 55.2 Å². The molecule has 33 heavy (non-hydrogen) atoms. The quantitative estimate of drug-likeness (QED) is 0.181. The van der Waals surface area contributed by atoms with Crippen molar-refractivity contribution in [1.29, 1.82) is 0 Å². The van der Waals surface area contributed by atoms with Crippen LogP contribution in [0.15, 0.2) is 18.2 Å². The third kappa shape index (κ3) is 10.5. The van der Waals surface area contributed by atoms with Gasteiger partial charge in [0.05, 0.1) is 19.0 Å². The fourth-order valence-electron chi connectivity index (χ4n) is 2.85. The maximum atomic E-state index is 12.2. The molecule has 2 unspecified atom stereocenters. The fourth-order valence-corrected chi connectivity index (χ4v) is 3.39. The first kappa shape index (κ1) is 28.1. The smallest absolute Gasteiger partial charge is 0.240 e. The molecule has 13 heteroatoms. The molecule has 0 radical (unpaired) electrons. The number of carbonyl (C=O) groups excluding carboxylic acids is 5. The zero-order chi connectivity index (χ0) is 25.0. The maximum Gasteiger partial charge on any atom is 0.240 e. The Hall–Kier alpha value is -2.89. The van der Waals surface area contributed by atoms with Crippen molar-refractivity contribution in [2.45, 2.75) is 37.6 Å². The van der Waals surface area contributed by atoms with E-state index in [4.69, 9.17) is 40.4 Å². The third-order valence-corrected chi connectivity index (χ3v) is 5.15. The largest absolute Gasteiger partial charge is 0.369 e. The van der Waals surface area contributed by atoms with Crippen molar-refractivity contribution in [2.75, 3.05) is 19.6 Å². The molecule has 1 aromatic carbocycles. The van der Waals surface area contributed by atoms with Gasteiger partial charge in [-0.1, -0.05) is 29.3 Å². The van der Waals surface area contributed by atoms with Crippen LogP contribution in [0.4, 0.5) is 0 Å². The number of rotatable bonds is 14. The summed E-state index contributed by atoms with van der Waals surface area (Å²) in [5.74, 6) is -4.38. The Morgan fingerprint density at radius 2 is 1.52 bits per heavy atom. The Labute approximate surface area is 201 Å². The Kier molecular flexibility index (Phi) is 12.2. The minimum Gasteiger partial charge on any atom is -0.369 e. The highest BCUT2D eigenvalue weighted by atomic mass is 35.5. The predicted molar refractivity (Wildman–Crippen MR) is 123 cm³/mol. The van der Waals surface area contributed by atoms with Gasteiger partial charge >= 0.3 is 0 Å². The molecule has 0 aliphatic rings. The van der Waals surface area contributed by atoms with Crippen LogP contribution in [0.3, 0.4) is 0 Å². The lowest BCUT2D eigenvalue weighted by molar-refractivity contribution is -0.130. The highest BCUT2D eigenvalue weighted by Gasteiger charge is 2.24. The molecule has 9 N–H and O–H groups in total. The summed E-state index contributed by atoms with van der Waals surface area (Å²) in [7, 11) is 0. The summed E-state index contributed by atoms with van der Waals surface area (Å²) >= 11 is 11.9. The van der Waals surface area contributed by atoms with Crippen molar-refractivity contribution < 1.29 is 24.0 Å². The fraction of sp³-hybridized carbons (Fsp3) is 0.450. The van der Waals surface area contributed by atoms with E-state index >= 15 is 0 Å². The van der Waals surface area contributed by atoms with Crippen LogP contribution < -0.4 is 33.2 Å². The zero-order valence-corrected chi connectivity index (χ0v) is 19.4. The van der Waals surface area contributed by atoms with Crippen LogP contribution in [0.2, 0.25) is 10.0 Å². The molecule has 182 valence electrons. The summed E-state index contributed by atoms with van der Waals surface area (Å²) in [6.45, 7) is -0.407. The normalized spacial score (nSPS) is 12.3. The molecular formula is C20H28Cl2N6O5. The number of unbranched alkanes of at least 4 members (excludes halogenated alkanes) is 1. The van der Waals surface area contributed by atoms with Crippen LogP contribution in [0.25, 0.3) is 0 Å². The number of hydrogen-bond acceptors (Lipinski definition) is 6. The van der Waals surface area contributed by atoms with Crippen LogP contribution in [-0.2, 0) is 24.0 Å². The van der Waals surface area contributed by atoms with Gasteiger partial charge in [-0.2, -0.15) is 0 Å². The van der Waals surface area contributed by atoms with Gasteiger partial charge in [0.15, 0.2) is 0 Å². The molecule has 0 spiro atoms. The summed E-state index contributed by atoms with van der Waals surface area (Å²) < 4.78 is 0. The first-order chi connectivity index (χ1) is 15.5. The van der Waals surface area contributed by atoms with Gasteiger partial charge in [-0.05, 0) is 43.5 Å². The van der Waals surface area contributed by atoms with Gasteiger partial charge < -0.3 is 33.2 Å². The molecule has 2 atom stereocenters. The molecule has 0 bridgehead atoms. The van der Waals surface area contributed by atoms with Crippen molar-refractivity contribution in [3.63, 3.8) is 0 Å². The van der Waals surface area contributed by atoms with Gasteiger partial charge in [-0.25, -0.2) is 0 Å². The highest BCUT2D eigenvalue weighted by Crippen LogP contribution is 2.29. The van der Waals surface area contributed by atoms with Crippen molar-refractivity contribution in [3.8, 4) is 0 Å². The lowest BCUT2D eigenvalue weighted by atomic mass is 9.94. The predicted octanol–water partition coefficient (Wildman–Crippen LogP) is -0.716. The summed E-state index contributed by atoms with van der Waals surface area (Å²) in [4.78, 5) is 59.3. The second-order valence-electron chi connectivity index (χ2n) is 7.19. The molecular weight excluding hydrogens is 475 g/mol. The van der Waals surface area contributed by atoms with E-state index < -0.39 is 54.6 Å². The van der Waals surface area contributed by atoms with Crippen LogP contribution in [0, 0.1) is 0 Å². The summed E-state index contributed by atoms with van der Waals surface area (Å²) in [5, 5.41) is 7.62. The van der Waals surface area contributed by atoms with E-state index in [2.05, 4.69) is 16.0 Å². The third-order valence-electron chi connectivity index (χ3n) is 4.59. The Balaban J connectivity index is 2.49. The van der Waals surface area contributed by atoms with E-state index in [1.54, 1.807) is 0 Å². The van der Waals surface area contributed by atoms with Gasteiger partial charge in [0, 0.05) is 16.5 Å². The Morgan fingerprint density at radius 1 is 0.879 bits per heavy atom. The molecule has 0 aliphatic carbocycles. The van der Waals surface area contributed by atoms with Gasteiger partial charge in [0.25, 0.3) is 0 Å². The van der Waals surface area contributed by atoms with Gasteiger partial charge in [-0.15, -0.1) is 0 Å². The van der Waals surface area contributed by atoms with E-state index in [0.717, 1.165) is 0 Å². The lowest BCUT2D eigenvalue weighted by Crippen LogP contribution is -2.49. The van der Waals surface area contributed by atoms with Gasteiger partial charge in [0.2, 0.25) is 29.5 Å². The number of hydrogen-bond donors (Lipinski definition) is 6. The minimum absolute atomic E-state index is 0.181. The van der Waals surface area contributed by atoms with E-state index in [9.17, 15) is 24.0 Å². The number of nitrogens with two attached hydrogens (primary N) is 3. The number of halogens is 2. The lowest BCUT2D eigenvalue weighted by Gasteiger charge is -2.16. The van der Waals surface area contributed by atoms with Gasteiger partial charge in [0.1, 0.15) is 6.04 Å². The highest BCUT2D eigenvalue weighted by molar-refractivity contribution is 6.35. The zero-order valence-electron chi connectivity index (χ0n) is 17.9. The van der Waals surface area contributed by atoms with Gasteiger partial charge in [-0.3, -0.25) is 24.0 Å². The summed E-state index contributed by atoms with van der Waals surface area (Å²) in [6, 6.07) is 3.56. The molecule has 0 saturated heterocycles. The Bertz CT molecular complexity index is 883. The Morgan fingerprint density at radius 3 is 2.09 bits per heavy atom. The SMILES string of the molecule is NCCCCC(NC(=O)CNC(=O)CNC(=O)CC(C(N)=O)c1ccc(Cl)cc1Cl)C(N)=O. The number of nitrogens with one attached hydrogen (secondary N) is 3. The number of amides is 5. The number of carbonyl (C=O) groups is 5. The van der Waals surface area contributed by atoms with Crippen molar-refractivity contribution in [2.24, 2.45) is 17.2 Å². The first-order valence-electron chi connectivity index (χ1n) is 10.1. The van der Waals surface area contributed by atoms with E-state index in [0.29, 0.717) is 36.4 Å². The minimum atomic E-state index is -1.02. The van der Waals surface area contributed by atoms with Crippen molar-refractivity contribution in [1.82, 2.24) is 16.0 Å². The average molecular weight is 503 g/mol. The summed E-state index contributed by atoms with van der Waals surface area (Å²) in [5.41, 5.74) is 16.4. The second-order valence-corrected chi connectivity index (χ2v) is 8.03. The summed E-state index contributed by atoms with van der Waals surface area (Å²) in [6.07, 6.45) is 1.28. The van der Waals surface area contributed by atoms with E-state index in [1.807, 2.05) is 0 Å². The topological polar surface area (TPSA) is 200 Å². The second kappa shape index (κ2) is 14.3. The van der Waals surface area contributed by atoms with Crippen molar-refractivity contribution >= 4 is 52.7 Å². The number of benzene rings is 1. The van der Waals surface area contributed by atoms with Crippen LogP contribution in [0.5, 0.6) is 0 Å². The average Bonchev–Trinajstić information content (AvgIpc) is 2.74. The van der Waals surface area contributed by atoms with Crippen LogP contribution >= 0.6 is 23.2 Å². The standard InChI is InChI=1S/C20H28Cl2N6O5/c21-11-4-5-12(14(22)7-11)13(19(24)32)8-16(29)26-9-17(30)27-10-18(31)28-15(20(25)33)3-1-2-6-23/h4-5,7,13,15H,1-3,6,8-10,23H2,(H2,24,32)(H2,25,33)(H,26,29)(H,27,30)(H,28,31). The molecule has 0 saturated carbocycles. The molecule has 1 rings (SSSR count). The first-order valence-corrected chi connectivity index (χ1v) is 10.9.